The van der Waals surface area contributed by atoms with Gasteiger partial charge in [-0.2, -0.15) is 5.10 Å². The van der Waals surface area contributed by atoms with Gasteiger partial charge in [0.2, 0.25) is 11.8 Å². The molecule has 9 nitrogen and oxygen atoms in total. The van der Waals surface area contributed by atoms with Gasteiger partial charge in [0.05, 0.1) is 37.7 Å². The maximum Gasteiger partial charge on any atom is 0.241 e. The van der Waals surface area contributed by atoms with Gasteiger partial charge in [0.25, 0.3) is 0 Å². The number of rotatable bonds is 9. The maximum absolute atomic E-state index is 11.9. The summed E-state index contributed by atoms with van der Waals surface area (Å²) in [5.74, 6) is 2.10. The quantitative estimate of drug-likeness (QED) is 0.489. The number of aromatic nitrogens is 2. The largest absolute Gasteiger partial charge is 0.481 e. The molecule has 9 heteroatoms. The first-order chi connectivity index (χ1) is 13.5. The average Bonchev–Trinajstić information content (AvgIpc) is 3.30. The van der Waals surface area contributed by atoms with Crippen molar-refractivity contribution in [3.05, 3.63) is 35.4 Å². The lowest BCUT2D eigenvalue weighted by Crippen LogP contribution is -2.43. The van der Waals surface area contributed by atoms with Crippen LogP contribution in [0.1, 0.15) is 23.9 Å². The minimum absolute atomic E-state index is 0.0336. The highest BCUT2D eigenvalue weighted by Gasteiger charge is 2.15. The number of guanidine groups is 1. The third-order valence-electron chi connectivity index (χ3n) is 4.24. The first-order valence-corrected chi connectivity index (χ1v) is 9.29. The number of carbonyl (C=O) groups is 1. The summed E-state index contributed by atoms with van der Waals surface area (Å²) in [5, 5.41) is 10.8. The molecule has 2 aromatic heterocycles. The van der Waals surface area contributed by atoms with E-state index in [1.807, 2.05) is 26.1 Å². The lowest BCUT2D eigenvalue weighted by atomic mass is 10.2. The van der Waals surface area contributed by atoms with Gasteiger partial charge in [-0.15, -0.1) is 0 Å². The molecule has 0 bridgehead atoms. The first kappa shape index (κ1) is 21.3. The van der Waals surface area contributed by atoms with Crippen LogP contribution in [0, 0.1) is 0 Å². The van der Waals surface area contributed by atoms with Crippen LogP contribution in [-0.4, -0.2) is 60.8 Å². The van der Waals surface area contributed by atoms with Crippen molar-refractivity contribution in [1.82, 2.24) is 25.3 Å². The Balaban J connectivity index is 2.09. The van der Waals surface area contributed by atoms with Crippen LogP contribution in [0.4, 0.5) is 0 Å². The van der Waals surface area contributed by atoms with E-state index in [1.54, 1.807) is 32.2 Å². The molecule has 0 saturated carbocycles. The number of nitrogens with zero attached hydrogens (tertiary/aromatic N) is 4. The van der Waals surface area contributed by atoms with Crippen molar-refractivity contribution in [2.75, 3.05) is 34.3 Å². The van der Waals surface area contributed by atoms with E-state index < -0.39 is 0 Å². The second-order valence-corrected chi connectivity index (χ2v) is 6.47. The van der Waals surface area contributed by atoms with Crippen molar-refractivity contribution < 1.29 is 13.9 Å². The number of nitrogens with one attached hydrogen (secondary N) is 2. The number of aryl methyl sites for hydroxylation is 2. The van der Waals surface area contributed by atoms with Gasteiger partial charge < -0.3 is 24.7 Å². The average molecular weight is 390 g/mol. The van der Waals surface area contributed by atoms with Gasteiger partial charge in [0, 0.05) is 34.1 Å². The van der Waals surface area contributed by atoms with E-state index in [0.717, 1.165) is 23.4 Å². The summed E-state index contributed by atoms with van der Waals surface area (Å²) in [6, 6.07) is 3.79. The number of carbonyl (C=O) groups excluding carboxylic acids is 1. The number of furan rings is 1. The Morgan fingerprint density at radius 3 is 2.79 bits per heavy atom. The second-order valence-electron chi connectivity index (χ2n) is 6.47. The molecule has 0 fully saturated rings. The van der Waals surface area contributed by atoms with Crippen molar-refractivity contribution in [2.45, 2.75) is 26.3 Å². The van der Waals surface area contributed by atoms with E-state index in [2.05, 4.69) is 20.7 Å². The molecule has 2 rings (SSSR count). The van der Waals surface area contributed by atoms with Crippen LogP contribution in [-0.2, 0) is 31.2 Å². The minimum Gasteiger partial charge on any atom is -0.481 e. The summed E-state index contributed by atoms with van der Waals surface area (Å²) < 4.78 is 12.5. The third kappa shape index (κ3) is 5.77. The Bertz CT molecular complexity index is 780. The van der Waals surface area contributed by atoms with Crippen LogP contribution in [0.25, 0.3) is 0 Å². The van der Waals surface area contributed by atoms with Crippen LogP contribution in [0.5, 0.6) is 5.88 Å². The van der Waals surface area contributed by atoms with Crippen molar-refractivity contribution in [3.63, 3.8) is 0 Å². The van der Waals surface area contributed by atoms with Crippen LogP contribution in [0.2, 0.25) is 0 Å². The van der Waals surface area contributed by atoms with Gasteiger partial charge in [0.1, 0.15) is 5.76 Å². The Kier molecular flexibility index (Phi) is 7.91. The fourth-order valence-electron chi connectivity index (χ4n) is 2.71. The molecule has 2 heterocycles. The molecule has 0 aromatic carbocycles. The molecule has 0 unspecified atom stereocenters. The molecule has 1 amide bonds. The molecule has 28 heavy (non-hydrogen) atoms. The number of ether oxygens (including phenoxy) is 1. The van der Waals surface area contributed by atoms with E-state index in [0.29, 0.717) is 31.3 Å². The molecule has 154 valence electrons. The summed E-state index contributed by atoms with van der Waals surface area (Å²) in [6.07, 6.45) is 3.15. The van der Waals surface area contributed by atoms with Crippen LogP contribution in [0.3, 0.4) is 0 Å². The normalized spacial score (nSPS) is 11.4. The molecule has 0 spiro atoms. The van der Waals surface area contributed by atoms with Crippen LogP contribution >= 0.6 is 0 Å². The zero-order valence-corrected chi connectivity index (χ0v) is 17.3. The zero-order chi connectivity index (χ0) is 20.5. The smallest absolute Gasteiger partial charge is 0.241 e. The topological polar surface area (TPSA) is 96.9 Å². The maximum atomic E-state index is 11.9. The number of hydrogen-bond acceptors (Lipinski definition) is 5. The molecule has 2 aromatic rings. The molecule has 2 N–H and O–H groups in total. The Morgan fingerprint density at radius 1 is 1.39 bits per heavy atom. The van der Waals surface area contributed by atoms with Gasteiger partial charge in [-0.05, 0) is 18.6 Å². The summed E-state index contributed by atoms with van der Waals surface area (Å²) in [4.78, 5) is 18.1. The standard InChI is InChI=1S/C19H30N6O3/c1-6-16-15(18(27-5)25(4)23-16)12-21-19(22-13-17(26)24(2)3)20-10-9-14-8-7-11-28-14/h7-8,11H,6,9-10,12-13H2,1-5H3,(H2,20,21,22). The second kappa shape index (κ2) is 10.4. The number of likely N-dealkylation sites (N-methyl/N-ethyl adjacent to an activating group) is 1. The molecule has 0 atom stereocenters. The van der Waals surface area contributed by atoms with Gasteiger partial charge in [-0.1, -0.05) is 6.92 Å². The first-order valence-electron chi connectivity index (χ1n) is 9.29. The fourth-order valence-corrected chi connectivity index (χ4v) is 2.71. The zero-order valence-electron chi connectivity index (χ0n) is 17.3. The summed E-state index contributed by atoms with van der Waals surface area (Å²) in [6.45, 7) is 3.22. The molecule has 0 aliphatic heterocycles. The van der Waals surface area contributed by atoms with Crippen LogP contribution < -0.4 is 15.4 Å². The number of amides is 1. The lowest BCUT2D eigenvalue weighted by molar-refractivity contribution is -0.127. The molecule has 0 saturated heterocycles. The van der Waals surface area contributed by atoms with E-state index in [-0.39, 0.29) is 12.5 Å². The SMILES string of the molecule is CCc1nn(C)c(OC)c1CN=C(NCCc1ccco1)NCC(=O)N(C)C. The lowest BCUT2D eigenvalue weighted by Gasteiger charge is -2.15. The Hall–Kier alpha value is -2.97. The molecule has 0 aliphatic carbocycles. The van der Waals surface area contributed by atoms with E-state index in [9.17, 15) is 4.79 Å². The molecule has 0 radical (unpaired) electrons. The Labute approximate surface area is 165 Å². The van der Waals surface area contributed by atoms with Gasteiger partial charge in [-0.3, -0.25) is 4.79 Å². The van der Waals surface area contributed by atoms with Crippen molar-refractivity contribution >= 4 is 11.9 Å². The summed E-state index contributed by atoms with van der Waals surface area (Å²) in [7, 11) is 6.92. The molecular weight excluding hydrogens is 360 g/mol. The predicted molar refractivity (Wildman–Crippen MR) is 107 cm³/mol. The molecule has 0 aliphatic rings. The highest BCUT2D eigenvalue weighted by Crippen LogP contribution is 2.22. The molecular formula is C19H30N6O3. The fraction of sp³-hybridized carbons (Fsp3) is 0.526. The highest BCUT2D eigenvalue weighted by atomic mass is 16.5. The van der Waals surface area contributed by atoms with E-state index >= 15 is 0 Å². The summed E-state index contributed by atoms with van der Waals surface area (Å²) in [5.41, 5.74) is 1.89. The number of hydrogen-bond donors (Lipinski definition) is 2. The minimum atomic E-state index is -0.0336. The Morgan fingerprint density at radius 2 is 2.18 bits per heavy atom. The van der Waals surface area contributed by atoms with Gasteiger partial charge in [0.15, 0.2) is 5.96 Å². The van der Waals surface area contributed by atoms with E-state index in [1.165, 1.54) is 4.90 Å². The van der Waals surface area contributed by atoms with Crippen molar-refractivity contribution in [1.29, 1.82) is 0 Å². The predicted octanol–water partition coefficient (Wildman–Crippen LogP) is 0.950. The highest BCUT2D eigenvalue weighted by molar-refractivity contribution is 5.86. The number of aliphatic imine (C=N–C) groups is 1. The van der Waals surface area contributed by atoms with Gasteiger partial charge in [-0.25, -0.2) is 9.67 Å². The summed E-state index contributed by atoms with van der Waals surface area (Å²) >= 11 is 0. The van der Waals surface area contributed by atoms with E-state index in [4.69, 9.17) is 9.15 Å². The van der Waals surface area contributed by atoms with Gasteiger partial charge >= 0.3 is 0 Å². The van der Waals surface area contributed by atoms with Crippen molar-refractivity contribution in [3.8, 4) is 5.88 Å². The third-order valence-corrected chi connectivity index (χ3v) is 4.24. The number of methoxy groups -OCH3 is 1. The van der Waals surface area contributed by atoms with Crippen molar-refractivity contribution in [2.24, 2.45) is 12.0 Å². The van der Waals surface area contributed by atoms with Crippen LogP contribution in [0.15, 0.2) is 27.8 Å². The monoisotopic (exact) mass is 390 g/mol.